The van der Waals surface area contributed by atoms with Crippen LogP contribution in [0.1, 0.15) is 12.0 Å². The number of amidine groups is 1. The molecule has 2 aromatic carbocycles. The molecule has 0 amide bonds. The second kappa shape index (κ2) is 6.00. The minimum absolute atomic E-state index is 0.0484. The van der Waals surface area contributed by atoms with Gasteiger partial charge >= 0.3 is 0 Å². The number of benzene rings is 2. The van der Waals surface area contributed by atoms with Crippen LogP contribution in [-0.2, 0) is 10.0 Å². The van der Waals surface area contributed by atoms with Crippen molar-refractivity contribution in [3.63, 3.8) is 0 Å². The first-order valence-electron chi connectivity index (χ1n) is 7.84. The van der Waals surface area contributed by atoms with Crippen molar-refractivity contribution < 1.29 is 12.8 Å². The molecule has 1 saturated heterocycles. The summed E-state index contributed by atoms with van der Waals surface area (Å²) in [5.74, 6) is -0.0574. The Hall–Kier alpha value is -2.12. The van der Waals surface area contributed by atoms with Crippen molar-refractivity contribution in [2.45, 2.75) is 17.4 Å². The molecule has 0 saturated carbocycles. The minimum Gasteiger partial charge on any atom is -0.369 e. The van der Waals surface area contributed by atoms with E-state index in [-0.39, 0.29) is 16.0 Å². The zero-order chi connectivity index (χ0) is 17.6. The lowest BCUT2D eigenvalue weighted by atomic mass is 10.2. The monoisotopic (exact) mass is 379 g/mol. The first-order valence-corrected chi connectivity index (χ1v) is 9.70. The molecule has 2 aliphatic heterocycles. The Morgan fingerprint density at radius 1 is 1.24 bits per heavy atom. The Balaban J connectivity index is 1.57. The third-order valence-corrected chi connectivity index (χ3v) is 6.09. The Morgan fingerprint density at radius 2 is 2.04 bits per heavy atom. The quantitative estimate of drug-likeness (QED) is 0.872. The van der Waals surface area contributed by atoms with Gasteiger partial charge in [-0.3, -0.25) is 9.71 Å². The fourth-order valence-electron chi connectivity index (χ4n) is 3.18. The van der Waals surface area contributed by atoms with Crippen molar-refractivity contribution in [1.82, 2.24) is 4.72 Å². The van der Waals surface area contributed by atoms with E-state index < -0.39 is 15.8 Å². The second-order valence-corrected chi connectivity index (χ2v) is 8.12. The van der Waals surface area contributed by atoms with E-state index in [0.29, 0.717) is 17.9 Å². The summed E-state index contributed by atoms with van der Waals surface area (Å²) in [5.41, 5.74) is 1.44. The topological polar surface area (TPSA) is 61.8 Å². The van der Waals surface area contributed by atoms with E-state index in [4.69, 9.17) is 11.6 Å². The van der Waals surface area contributed by atoms with Gasteiger partial charge in [-0.05, 0) is 36.8 Å². The minimum atomic E-state index is -3.53. The SMILES string of the molecule is O=S1(=O)NC(=NC2CCN(c3ccc(F)c(Cl)c3)C2)c2ccccc21. The molecule has 4 rings (SSSR count). The zero-order valence-corrected chi connectivity index (χ0v) is 14.7. The molecule has 2 aromatic rings. The van der Waals surface area contributed by atoms with Gasteiger partial charge in [-0.15, -0.1) is 0 Å². The number of anilines is 1. The third kappa shape index (κ3) is 2.98. The lowest BCUT2D eigenvalue weighted by Gasteiger charge is -2.18. The highest BCUT2D eigenvalue weighted by molar-refractivity contribution is 7.90. The number of nitrogens with one attached hydrogen (secondary N) is 1. The largest absolute Gasteiger partial charge is 0.369 e. The molecule has 25 heavy (non-hydrogen) atoms. The average Bonchev–Trinajstić information content (AvgIpc) is 3.14. The Morgan fingerprint density at radius 3 is 2.84 bits per heavy atom. The predicted octanol–water partition coefficient (Wildman–Crippen LogP) is 2.80. The van der Waals surface area contributed by atoms with Crippen LogP contribution in [0.3, 0.4) is 0 Å². The van der Waals surface area contributed by atoms with Crippen LogP contribution < -0.4 is 9.62 Å². The van der Waals surface area contributed by atoms with E-state index in [2.05, 4.69) is 14.6 Å². The van der Waals surface area contributed by atoms with Crippen molar-refractivity contribution in [3.05, 3.63) is 58.9 Å². The van der Waals surface area contributed by atoms with Crippen LogP contribution >= 0.6 is 11.6 Å². The lowest BCUT2D eigenvalue weighted by Crippen LogP contribution is -2.25. The standard InChI is InChI=1S/C17H15ClFN3O2S/c18-14-9-12(5-6-15(14)19)22-8-7-11(10-22)20-17-13-3-1-2-4-16(13)25(23,24)21-17/h1-6,9,11H,7-8,10H2,(H,20,21). The molecular formula is C17H15ClFN3O2S. The van der Waals surface area contributed by atoms with Gasteiger partial charge in [0.15, 0.2) is 0 Å². The molecule has 0 bridgehead atoms. The summed E-state index contributed by atoms with van der Waals surface area (Å²) < 4.78 is 40.1. The fraction of sp³-hybridized carbons (Fsp3) is 0.235. The van der Waals surface area contributed by atoms with Gasteiger partial charge in [-0.1, -0.05) is 23.7 Å². The van der Waals surface area contributed by atoms with Crippen LogP contribution in [0.5, 0.6) is 0 Å². The van der Waals surface area contributed by atoms with E-state index in [1.807, 2.05) is 0 Å². The molecule has 8 heteroatoms. The van der Waals surface area contributed by atoms with Gasteiger partial charge in [-0.2, -0.15) is 0 Å². The molecule has 130 valence electrons. The molecule has 2 aliphatic rings. The van der Waals surface area contributed by atoms with Gasteiger partial charge in [-0.25, -0.2) is 12.8 Å². The maximum absolute atomic E-state index is 13.3. The highest BCUT2D eigenvalue weighted by atomic mass is 35.5. The summed E-state index contributed by atoms with van der Waals surface area (Å²) in [6.07, 6.45) is 0.780. The van der Waals surface area contributed by atoms with Gasteiger partial charge in [0.05, 0.1) is 16.0 Å². The molecule has 0 radical (unpaired) electrons. The van der Waals surface area contributed by atoms with Crippen LogP contribution in [0.25, 0.3) is 0 Å². The Labute approximate surface area is 150 Å². The van der Waals surface area contributed by atoms with Crippen molar-refractivity contribution in [2.75, 3.05) is 18.0 Å². The van der Waals surface area contributed by atoms with Gasteiger partial charge in [0, 0.05) is 24.3 Å². The number of hydrogen-bond donors (Lipinski definition) is 1. The molecule has 2 heterocycles. The highest BCUT2D eigenvalue weighted by Gasteiger charge is 2.32. The first-order chi connectivity index (χ1) is 11.9. The molecule has 1 fully saturated rings. The van der Waals surface area contributed by atoms with Crippen molar-refractivity contribution in [1.29, 1.82) is 0 Å². The zero-order valence-electron chi connectivity index (χ0n) is 13.1. The lowest BCUT2D eigenvalue weighted by molar-refractivity contribution is 0.595. The molecule has 1 atom stereocenters. The molecule has 1 N–H and O–H groups in total. The van der Waals surface area contributed by atoms with E-state index in [1.165, 1.54) is 6.07 Å². The summed E-state index contributed by atoms with van der Waals surface area (Å²) >= 11 is 5.85. The summed E-state index contributed by atoms with van der Waals surface area (Å²) in [6.45, 7) is 1.37. The number of rotatable bonds is 2. The van der Waals surface area contributed by atoms with Crippen molar-refractivity contribution in [3.8, 4) is 0 Å². The predicted molar refractivity (Wildman–Crippen MR) is 95.3 cm³/mol. The van der Waals surface area contributed by atoms with Gasteiger partial charge in [0.1, 0.15) is 11.7 Å². The van der Waals surface area contributed by atoms with Crippen LogP contribution in [0, 0.1) is 5.82 Å². The Kier molecular flexibility index (Phi) is 3.92. The van der Waals surface area contributed by atoms with Crippen molar-refractivity contribution >= 4 is 33.1 Å². The second-order valence-electron chi connectivity index (χ2n) is 6.07. The van der Waals surface area contributed by atoms with Gasteiger partial charge < -0.3 is 4.90 Å². The smallest absolute Gasteiger partial charge is 0.263 e. The molecule has 0 spiro atoms. The third-order valence-electron chi connectivity index (χ3n) is 4.41. The molecule has 5 nitrogen and oxygen atoms in total. The average molecular weight is 380 g/mol. The Bertz CT molecular complexity index is 978. The van der Waals surface area contributed by atoms with Gasteiger partial charge in [0.2, 0.25) is 0 Å². The first kappa shape index (κ1) is 16.4. The van der Waals surface area contributed by atoms with Gasteiger partial charge in [0.25, 0.3) is 10.0 Å². The summed E-state index contributed by atoms with van der Waals surface area (Å²) in [4.78, 5) is 6.93. The summed E-state index contributed by atoms with van der Waals surface area (Å²) in [5, 5.41) is 0.0877. The maximum atomic E-state index is 13.3. The highest BCUT2D eigenvalue weighted by Crippen LogP contribution is 2.28. The summed E-state index contributed by atoms with van der Waals surface area (Å²) in [6, 6.07) is 11.4. The molecule has 0 aliphatic carbocycles. The van der Waals surface area contributed by atoms with Crippen LogP contribution in [0.4, 0.5) is 10.1 Å². The van der Waals surface area contributed by atoms with E-state index in [9.17, 15) is 12.8 Å². The van der Waals surface area contributed by atoms with Crippen LogP contribution in [0.15, 0.2) is 52.4 Å². The van der Waals surface area contributed by atoms with E-state index >= 15 is 0 Å². The number of halogens is 2. The van der Waals surface area contributed by atoms with Crippen LogP contribution in [-0.4, -0.2) is 33.4 Å². The molecule has 0 aromatic heterocycles. The summed E-state index contributed by atoms with van der Waals surface area (Å²) in [7, 11) is -3.53. The molecule has 1 unspecified atom stereocenters. The number of sulfonamides is 1. The number of aliphatic imine (C=N–C) groups is 1. The fourth-order valence-corrected chi connectivity index (χ4v) is 4.59. The number of fused-ring (bicyclic) bond motifs is 1. The van der Waals surface area contributed by atoms with E-state index in [0.717, 1.165) is 18.7 Å². The number of nitrogens with zero attached hydrogens (tertiary/aromatic N) is 2. The normalized spacial score (nSPS) is 22.9. The molecular weight excluding hydrogens is 365 g/mol. The van der Waals surface area contributed by atoms with E-state index in [1.54, 1.807) is 36.4 Å². The van der Waals surface area contributed by atoms with Crippen LogP contribution in [0.2, 0.25) is 5.02 Å². The van der Waals surface area contributed by atoms with Crippen molar-refractivity contribution in [2.24, 2.45) is 4.99 Å². The maximum Gasteiger partial charge on any atom is 0.263 e. The number of hydrogen-bond acceptors (Lipinski definition) is 4.